The van der Waals surface area contributed by atoms with Gasteiger partial charge in [0.25, 0.3) is 0 Å². The molecule has 1 saturated heterocycles. The molecule has 1 heterocycles. The van der Waals surface area contributed by atoms with Crippen LogP contribution in [0.15, 0.2) is 60.7 Å². The van der Waals surface area contributed by atoms with Crippen LogP contribution in [-0.2, 0) is 2.31 Å². The van der Waals surface area contributed by atoms with Crippen LogP contribution in [0.2, 0.25) is 0 Å². The van der Waals surface area contributed by atoms with Gasteiger partial charge in [-0.05, 0) is 0 Å². The van der Waals surface area contributed by atoms with Gasteiger partial charge in [0.1, 0.15) is 0 Å². The molecule has 0 bridgehead atoms. The monoisotopic (exact) mass is 532 g/mol. The Morgan fingerprint density at radius 1 is 0.958 bits per heavy atom. The SMILES string of the molecule is CCCN1CCC(S[C]([Pb])(c2ccccc2)c2ccccc2)CC1. The fourth-order valence-electron chi connectivity index (χ4n) is 3.47. The molecular weight excluding hydrogens is 506 g/mol. The molecule has 0 aromatic heterocycles. The van der Waals surface area contributed by atoms with E-state index in [0.29, 0.717) is 0 Å². The van der Waals surface area contributed by atoms with Gasteiger partial charge < -0.3 is 0 Å². The Morgan fingerprint density at radius 3 is 1.92 bits per heavy atom. The number of piperidine rings is 1. The fraction of sp³-hybridized carbons (Fsp3) is 0.429. The van der Waals surface area contributed by atoms with E-state index in [-0.39, 0.29) is 2.31 Å². The minimum atomic E-state index is 0.167. The first kappa shape index (κ1) is 18.5. The third-order valence-corrected chi connectivity index (χ3v) is 10.0. The molecule has 3 radical (unpaired) electrons. The van der Waals surface area contributed by atoms with E-state index in [1.165, 1.54) is 50.0 Å². The Kier molecular flexibility index (Phi) is 6.81. The number of hydrogen-bond acceptors (Lipinski definition) is 2. The number of rotatable bonds is 6. The van der Waals surface area contributed by atoms with Crippen molar-refractivity contribution in [1.29, 1.82) is 0 Å². The molecule has 3 rings (SSSR count). The van der Waals surface area contributed by atoms with Crippen LogP contribution >= 0.6 is 11.8 Å². The quantitative estimate of drug-likeness (QED) is 0.499. The molecule has 0 unspecified atom stereocenters. The first-order valence-corrected chi connectivity index (χ1v) is 11.8. The van der Waals surface area contributed by atoms with Crippen LogP contribution in [0.1, 0.15) is 37.3 Å². The maximum absolute atomic E-state index is 2.64. The van der Waals surface area contributed by atoms with E-state index < -0.39 is 0 Å². The maximum atomic E-state index is 2.64. The van der Waals surface area contributed by atoms with Gasteiger partial charge >= 0.3 is 168 Å². The average Bonchev–Trinajstić information content (AvgIpc) is 2.65. The fourth-order valence-corrected chi connectivity index (χ4v) is 8.20. The normalized spacial score (nSPS) is 17.1. The zero-order chi connectivity index (χ0) is 16.8. The molecule has 1 aliphatic heterocycles. The standard InChI is InChI=1S/C21H26NS.Pb/c1-2-15-22-16-13-20(14-17-22)23-21(18-9-5-3-6-10-18)19-11-7-4-8-12-19;/h3-12,20H,2,13-17H2,1H3;. The third-order valence-electron chi connectivity index (χ3n) is 4.78. The van der Waals surface area contributed by atoms with E-state index in [1.807, 2.05) is 0 Å². The molecule has 125 valence electrons. The van der Waals surface area contributed by atoms with Gasteiger partial charge in [0.05, 0.1) is 0 Å². The molecule has 1 fully saturated rings. The van der Waals surface area contributed by atoms with E-state index in [4.69, 9.17) is 0 Å². The van der Waals surface area contributed by atoms with E-state index >= 15 is 0 Å². The zero-order valence-electron chi connectivity index (χ0n) is 14.4. The van der Waals surface area contributed by atoms with E-state index in [0.717, 1.165) is 31.0 Å². The Labute approximate surface area is 166 Å². The van der Waals surface area contributed by atoms with Crippen LogP contribution in [0.3, 0.4) is 0 Å². The Bertz CT molecular complexity index is 569. The summed E-state index contributed by atoms with van der Waals surface area (Å²) in [5.41, 5.74) is 2.95. The van der Waals surface area contributed by atoms with Gasteiger partial charge in [0.15, 0.2) is 0 Å². The Balaban J connectivity index is 1.79. The van der Waals surface area contributed by atoms with Gasteiger partial charge in [-0.3, -0.25) is 0 Å². The second-order valence-electron chi connectivity index (χ2n) is 6.57. The van der Waals surface area contributed by atoms with Crippen molar-refractivity contribution in [2.45, 2.75) is 33.7 Å². The molecule has 1 nitrogen and oxygen atoms in total. The molecule has 24 heavy (non-hydrogen) atoms. The number of likely N-dealkylation sites (tertiary alicyclic amines) is 1. The predicted octanol–water partition coefficient (Wildman–Crippen LogP) is 4.66. The molecule has 0 aliphatic carbocycles. The van der Waals surface area contributed by atoms with Gasteiger partial charge in [-0.15, -0.1) is 0 Å². The first-order valence-electron chi connectivity index (χ1n) is 8.98. The van der Waals surface area contributed by atoms with Crippen molar-refractivity contribution in [2.24, 2.45) is 0 Å². The zero-order valence-corrected chi connectivity index (χ0v) is 19.2. The summed E-state index contributed by atoms with van der Waals surface area (Å²) in [6.45, 7) is 6.09. The second kappa shape index (κ2) is 8.86. The van der Waals surface area contributed by atoms with Crippen molar-refractivity contribution in [3.8, 4) is 0 Å². The number of benzene rings is 2. The number of thioether (sulfide) groups is 1. The third kappa shape index (κ3) is 4.44. The van der Waals surface area contributed by atoms with Crippen molar-refractivity contribution < 1.29 is 0 Å². The van der Waals surface area contributed by atoms with Gasteiger partial charge in [-0.25, -0.2) is 0 Å². The van der Waals surface area contributed by atoms with Gasteiger partial charge in [0.2, 0.25) is 0 Å². The van der Waals surface area contributed by atoms with E-state index in [2.05, 4.69) is 84.2 Å². The van der Waals surface area contributed by atoms with Crippen molar-refractivity contribution >= 4 is 37.5 Å². The average molecular weight is 532 g/mol. The second-order valence-corrected chi connectivity index (χ2v) is 12.4. The molecule has 2 aromatic carbocycles. The summed E-state index contributed by atoms with van der Waals surface area (Å²) in [5, 5.41) is 0.774. The Hall–Kier alpha value is -0.328. The number of nitrogens with zero attached hydrogens (tertiary/aromatic N) is 1. The van der Waals surface area contributed by atoms with Gasteiger partial charge in [-0.1, -0.05) is 0 Å². The van der Waals surface area contributed by atoms with Gasteiger partial charge in [0, 0.05) is 0 Å². The molecule has 0 atom stereocenters. The van der Waals surface area contributed by atoms with Crippen LogP contribution in [-0.4, -0.2) is 55.6 Å². The van der Waals surface area contributed by atoms with Crippen molar-refractivity contribution in [3.63, 3.8) is 0 Å². The molecule has 0 spiro atoms. The van der Waals surface area contributed by atoms with Crippen LogP contribution in [0, 0.1) is 0 Å². The summed E-state index contributed by atoms with van der Waals surface area (Å²) in [6.07, 6.45) is 3.93. The molecule has 0 saturated carbocycles. The molecule has 2 aromatic rings. The number of hydrogen-bond donors (Lipinski definition) is 0. The molecule has 1 aliphatic rings. The Morgan fingerprint density at radius 2 is 1.46 bits per heavy atom. The van der Waals surface area contributed by atoms with E-state index in [9.17, 15) is 0 Å². The first-order chi connectivity index (χ1) is 11.7. The summed E-state index contributed by atoms with van der Waals surface area (Å²) in [4.78, 5) is 2.64. The molecule has 3 heteroatoms. The molecule has 0 N–H and O–H groups in total. The molecular formula is C21H26NPbS. The topological polar surface area (TPSA) is 3.24 Å². The van der Waals surface area contributed by atoms with Crippen LogP contribution in [0.4, 0.5) is 0 Å². The molecule has 0 amide bonds. The summed E-state index contributed by atoms with van der Waals surface area (Å²) in [7, 11) is 0. The van der Waals surface area contributed by atoms with Crippen molar-refractivity contribution in [2.75, 3.05) is 19.6 Å². The summed E-state index contributed by atoms with van der Waals surface area (Å²) < 4.78 is 0.167. The summed E-state index contributed by atoms with van der Waals surface area (Å²) >= 11 is 3.35. The van der Waals surface area contributed by atoms with Crippen molar-refractivity contribution in [3.05, 3.63) is 71.8 Å². The van der Waals surface area contributed by atoms with Crippen LogP contribution in [0.5, 0.6) is 0 Å². The van der Waals surface area contributed by atoms with Crippen LogP contribution in [0.25, 0.3) is 0 Å². The van der Waals surface area contributed by atoms with E-state index in [1.54, 1.807) is 0 Å². The summed E-state index contributed by atoms with van der Waals surface area (Å²) in [5.74, 6) is 0. The van der Waals surface area contributed by atoms with Gasteiger partial charge in [-0.2, -0.15) is 0 Å². The van der Waals surface area contributed by atoms with Crippen molar-refractivity contribution in [1.82, 2.24) is 4.90 Å². The summed E-state index contributed by atoms with van der Waals surface area (Å²) in [6, 6.07) is 22.3. The minimum absolute atomic E-state index is 0.167. The van der Waals surface area contributed by atoms with Crippen LogP contribution < -0.4 is 0 Å². The predicted molar refractivity (Wildman–Crippen MR) is 107 cm³/mol.